The van der Waals surface area contributed by atoms with Gasteiger partial charge in [0.15, 0.2) is 11.0 Å². The van der Waals surface area contributed by atoms with Gasteiger partial charge in [0, 0.05) is 18.1 Å². The monoisotopic (exact) mass is 446 g/mol. The van der Waals surface area contributed by atoms with Crippen molar-refractivity contribution < 1.29 is 9.53 Å². The van der Waals surface area contributed by atoms with Crippen LogP contribution in [0.2, 0.25) is 0 Å². The molecule has 0 radical (unpaired) electrons. The van der Waals surface area contributed by atoms with Crippen molar-refractivity contribution in [3.63, 3.8) is 0 Å². The first kappa shape index (κ1) is 21.9. The Labute approximate surface area is 192 Å². The van der Waals surface area contributed by atoms with Gasteiger partial charge in [0.05, 0.1) is 5.75 Å². The third-order valence-corrected chi connectivity index (χ3v) is 6.33. The zero-order valence-corrected chi connectivity index (χ0v) is 19.5. The van der Waals surface area contributed by atoms with Crippen LogP contribution < -0.4 is 10.1 Å². The average molecular weight is 447 g/mol. The fourth-order valence-electron chi connectivity index (χ4n) is 3.74. The lowest BCUT2D eigenvalue weighted by Gasteiger charge is -2.12. The quantitative estimate of drug-likeness (QED) is 0.395. The highest BCUT2D eigenvalue weighted by Gasteiger charge is 2.14. The van der Waals surface area contributed by atoms with Crippen molar-refractivity contribution in [1.82, 2.24) is 14.8 Å². The SMILES string of the molecule is Cc1cc(C)c(NC(=O)CSc2nnc(COc3cccc4ccccc34)n2C)c(C)c1. The second-order valence-corrected chi connectivity index (χ2v) is 8.78. The number of thioether (sulfide) groups is 1. The van der Waals surface area contributed by atoms with Crippen LogP contribution >= 0.6 is 11.8 Å². The predicted octanol–water partition coefficient (Wildman–Crippen LogP) is 5.20. The molecule has 6 nitrogen and oxygen atoms in total. The Bertz CT molecular complexity index is 1250. The Morgan fingerprint density at radius 2 is 1.75 bits per heavy atom. The largest absolute Gasteiger partial charge is 0.485 e. The van der Waals surface area contributed by atoms with Gasteiger partial charge in [0.1, 0.15) is 12.4 Å². The van der Waals surface area contributed by atoms with E-state index in [1.54, 1.807) is 0 Å². The standard InChI is InChI=1S/C25H26N4O2S/c1-16-12-17(2)24(18(3)13-16)26-23(30)15-32-25-28-27-22(29(25)4)14-31-21-11-7-9-19-8-5-6-10-20(19)21/h5-13H,14-15H2,1-4H3,(H,26,30). The van der Waals surface area contributed by atoms with E-state index in [0.717, 1.165) is 33.3 Å². The third kappa shape index (κ3) is 4.78. The summed E-state index contributed by atoms with van der Waals surface area (Å²) in [7, 11) is 1.89. The maximum Gasteiger partial charge on any atom is 0.234 e. The summed E-state index contributed by atoms with van der Waals surface area (Å²) in [5, 5.41) is 14.4. The highest BCUT2D eigenvalue weighted by atomic mass is 32.2. The van der Waals surface area contributed by atoms with Crippen LogP contribution in [0, 0.1) is 20.8 Å². The van der Waals surface area contributed by atoms with E-state index >= 15 is 0 Å². The fraction of sp³-hybridized carbons (Fsp3) is 0.240. The van der Waals surface area contributed by atoms with E-state index in [1.165, 1.54) is 17.3 Å². The number of rotatable bonds is 7. The number of hydrogen-bond acceptors (Lipinski definition) is 5. The van der Waals surface area contributed by atoms with Crippen LogP contribution in [0.3, 0.4) is 0 Å². The molecular formula is C25H26N4O2S. The molecule has 1 amide bonds. The normalized spacial score (nSPS) is 11.0. The van der Waals surface area contributed by atoms with Crippen LogP contribution in [0.4, 0.5) is 5.69 Å². The second kappa shape index (κ2) is 9.44. The molecule has 0 aliphatic carbocycles. The molecule has 4 aromatic rings. The molecule has 0 spiro atoms. The highest BCUT2D eigenvalue weighted by Crippen LogP contribution is 2.26. The van der Waals surface area contributed by atoms with Gasteiger partial charge in [0.2, 0.25) is 5.91 Å². The number of nitrogens with zero attached hydrogens (tertiary/aromatic N) is 3. The van der Waals surface area contributed by atoms with Gasteiger partial charge in [0.25, 0.3) is 0 Å². The molecule has 0 aliphatic heterocycles. The zero-order valence-electron chi connectivity index (χ0n) is 18.7. The summed E-state index contributed by atoms with van der Waals surface area (Å²) < 4.78 is 7.89. The smallest absolute Gasteiger partial charge is 0.234 e. The summed E-state index contributed by atoms with van der Waals surface area (Å²) >= 11 is 1.36. The van der Waals surface area contributed by atoms with Crippen LogP contribution in [-0.2, 0) is 18.4 Å². The molecule has 32 heavy (non-hydrogen) atoms. The first-order valence-corrected chi connectivity index (χ1v) is 11.4. The number of aryl methyl sites for hydroxylation is 3. The van der Waals surface area contributed by atoms with Crippen molar-refractivity contribution >= 4 is 34.1 Å². The van der Waals surface area contributed by atoms with Crippen LogP contribution in [0.15, 0.2) is 59.8 Å². The molecule has 0 fully saturated rings. The zero-order chi connectivity index (χ0) is 22.7. The topological polar surface area (TPSA) is 69.0 Å². The van der Waals surface area contributed by atoms with Gasteiger partial charge < -0.3 is 14.6 Å². The Balaban J connectivity index is 1.37. The summed E-state index contributed by atoms with van der Waals surface area (Å²) in [5.74, 6) is 1.69. The molecular weight excluding hydrogens is 420 g/mol. The second-order valence-electron chi connectivity index (χ2n) is 7.83. The molecule has 0 unspecified atom stereocenters. The van der Waals surface area contributed by atoms with Gasteiger partial charge in [-0.3, -0.25) is 4.79 Å². The average Bonchev–Trinajstić information content (AvgIpc) is 3.12. The number of fused-ring (bicyclic) bond motifs is 1. The maximum atomic E-state index is 12.5. The van der Waals surface area contributed by atoms with Crippen molar-refractivity contribution in [3.05, 3.63) is 77.1 Å². The Kier molecular flexibility index (Phi) is 6.46. The Morgan fingerprint density at radius 1 is 1.03 bits per heavy atom. The van der Waals surface area contributed by atoms with Gasteiger partial charge in [-0.1, -0.05) is 65.9 Å². The lowest BCUT2D eigenvalue weighted by Crippen LogP contribution is -2.16. The Morgan fingerprint density at radius 3 is 2.53 bits per heavy atom. The summed E-state index contributed by atoms with van der Waals surface area (Å²) in [5.41, 5.74) is 4.19. The minimum absolute atomic E-state index is 0.0680. The molecule has 0 atom stereocenters. The molecule has 0 bridgehead atoms. The number of ether oxygens (including phenoxy) is 1. The number of amides is 1. The lowest BCUT2D eigenvalue weighted by molar-refractivity contribution is -0.113. The molecule has 1 aromatic heterocycles. The third-order valence-electron chi connectivity index (χ3n) is 5.31. The number of benzene rings is 3. The Hall–Kier alpha value is -3.32. The van der Waals surface area contributed by atoms with E-state index in [1.807, 2.05) is 55.8 Å². The van der Waals surface area contributed by atoms with E-state index < -0.39 is 0 Å². The highest BCUT2D eigenvalue weighted by molar-refractivity contribution is 7.99. The van der Waals surface area contributed by atoms with Crippen molar-refractivity contribution in [2.45, 2.75) is 32.5 Å². The summed E-state index contributed by atoms with van der Waals surface area (Å²) in [4.78, 5) is 12.5. The number of carbonyl (C=O) groups excluding carboxylic acids is 1. The molecule has 164 valence electrons. The number of nitrogens with one attached hydrogen (secondary N) is 1. The summed E-state index contributed by atoms with van der Waals surface area (Å²) in [6, 6.07) is 18.2. The first-order chi connectivity index (χ1) is 15.4. The predicted molar refractivity (Wildman–Crippen MR) is 129 cm³/mol. The molecule has 0 saturated carbocycles. The van der Waals surface area contributed by atoms with Crippen LogP contribution in [0.5, 0.6) is 5.75 Å². The number of aromatic nitrogens is 3. The van der Waals surface area contributed by atoms with E-state index in [4.69, 9.17) is 4.74 Å². The van der Waals surface area contributed by atoms with E-state index in [2.05, 4.69) is 46.7 Å². The summed E-state index contributed by atoms with van der Waals surface area (Å²) in [6.45, 7) is 6.37. The van der Waals surface area contributed by atoms with Gasteiger partial charge in [-0.25, -0.2) is 0 Å². The molecule has 3 aromatic carbocycles. The maximum absolute atomic E-state index is 12.5. The fourth-order valence-corrected chi connectivity index (χ4v) is 4.47. The minimum atomic E-state index is -0.0680. The number of hydrogen-bond donors (Lipinski definition) is 1. The van der Waals surface area contributed by atoms with Gasteiger partial charge >= 0.3 is 0 Å². The molecule has 1 N–H and O–H groups in total. The van der Waals surface area contributed by atoms with E-state index in [-0.39, 0.29) is 11.7 Å². The molecule has 1 heterocycles. The summed E-state index contributed by atoms with van der Waals surface area (Å²) in [6.07, 6.45) is 0. The number of anilines is 1. The van der Waals surface area contributed by atoms with Gasteiger partial charge in [-0.15, -0.1) is 10.2 Å². The molecule has 7 heteroatoms. The van der Waals surface area contributed by atoms with Crippen LogP contribution in [0.25, 0.3) is 10.8 Å². The van der Waals surface area contributed by atoms with Gasteiger partial charge in [-0.2, -0.15) is 0 Å². The van der Waals surface area contributed by atoms with Crippen molar-refractivity contribution in [3.8, 4) is 5.75 Å². The number of carbonyl (C=O) groups is 1. The van der Waals surface area contributed by atoms with E-state index in [0.29, 0.717) is 17.6 Å². The van der Waals surface area contributed by atoms with Crippen molar-refractivity contribution in [2.75, 3.05) is 11.1 Å². The van der Waals surface area contributed by atoms with Crippen molar-refractivity contribution in [1.29, 1.82) is 0 Å². The van der Waals surface area contributed by atoms with Crippen LogP contribution in [-0.4, -0.2) is 26.4 Å². The molecule has 0 saturated heterocycles. The molecule has 4 rings (SSSR count). The lowest BCUT2D eigenvalue weighted by atomic mass is 10.1. The van der Waals surface area contributed by atoms with Crippen molar-refractivity contribution in [2.24, 2.45) is 7.05 Å². The minimum Gasteiger partial charge on any atom is -0.485 e. The molecule has 0 aliphatic rings. The van der Waals surface area contributed by atoms with Gasteiger partial charge in [-0.05, 0) is 43.4 Å². The first-order valence-electron chi connectivity index (χ1n) is 10.4. The van der Waals surface area contributed by atoms with Crippen LogP contribution in [0.1, 0.15) is 22.5 Å². The van der Waals surface area contributed by atoms with E-state index in [9.17, 15) is 4.79 Å².